The molecule has 2 heterocycles. The predicted molar refractivity (Wildman–Crippen MR) is 184 cm³/mol. The molecule has 2 aromatic carbocycles. The molecule has 0 fully saturated rings. The second-order valence-electron chi connectivity index (χ2n) is 12.3. The number of ketones is 1. The minimum Gasteiger partial charge on any atom is -0.506 e. The number of alkyl halides is 3. The molecule has 1 aliphatic heterocycles. The molecular formula is C36H42ClF3N6O4. The number of halogens is 4. The van der Waals surface area contributed by atoms with Gasteiger partial charge < -0.3 is 15.8 Å². The van der Waals surface area contributed by atoms with E-state index in [9.17, 15) is 27.6 Å². The van der Waals surface area contributed by atoms with Gasteiger partial charge in [0, 0.05) is 36.9 Å². The van der Waals surface area contributed by atoms with Crippen LogP contribution in [0.5, 0.6) is 5.75 Å². The summed E-state index contributed by atoms with van der Waals surface area (Å²) in [7, 11) is 1.88. The molecule has 1 aromatic heterocycles. The van der Waals surface area contributed by atoms with Crippen molar-refractivity contribution in [3.63, 3.8) is 0 Å². The van der Waals surface area contributed by atoms with Gasteiger partial charge >= 0.3 is 6.18 Å². The molecule has 4 N–H and O–H groups in total. The van der Waals surface area contributed by atoms with Crippen molar-refractivity contribution in [2.75, 3.05) is 18.9 Å². The monoisotopic (exact) mass is 714 g/mol. The highest BCUT2D eigenvalue weighted by Crippen LogP contribution is 2.47. The topological polar surface area (TPSA) is 127 Å². The highest BCUT2D eigenvalue weighted by molar-refractivity contribution is 6.33. The van der Waals surface area contributed by atoms with Crippen LogP contribution in [0.2, 0.25) is 5.02 Å². The number of hydrogen-bond acceptors (Lipinski definition) is 8. The second kappa shape index (κ2) is 16.5. The van der Waals surface area contributed by atoms with Crippen molar-refractivity contribution in [2.24, 2.45) is 5.41 Å². The van der Waals surface area contributed by atoms with Gasteiger partial charge in [0.15, 0.2) is 5.78 Å². The quantitative estimate of drug-likeness (QED) is 0.178. The van der Waals surface area contributed by atoms with E-state index in [-0.39, 0.29) is 45.8 Å². The molecule has 2 atom stereocenters. The summed E-state index contributed by atoms with van der Waals surface area (Å²) in [6, 6.07) is 15.3. The molecule has 0 saturated heterocycles. The van der Waals surface area contributed by atoms with Crippen LogP contribution in [0, 0.1) is 5.41 Å². The smallest absolute Gasteiger partial charge is 0.416 e. The van der Waals surface area contributed by atoms with E-state index in [0.29, 0.717) is 12.0 Å². The first kappa shape index (κ1) is 38.3. The lowest BCUT2D eigenvalue weighted by Crippen LogP contribution is -2.58. The zero-order chi connectivity index (χ0) is 36.6. The van der Waals surface area contributed by atoms with E-state index in [1.807, 2.05) is 42.4 Å². The third kappa shape index (κ3) is 9.01. The van der Waals surface area contributed by atoms with Gasteiger partial charge in [-0.05, 0) is 68.0 Å². The van der Waals surface area contributed by atoms with Crippen molar-refractivity contribution in [2.45, 2.75) is 71.6 Å². The number of rotatable bonds is 8. The van der Waals surface area contributed by atoms with Crippen LogP contribution in [0.25, 0.3) is 0 Å². The Morgan fingerprint density at radius 2 is 1.84 bits per heavy atom. The molecule has 10 nitrogen and oxygen atoms in total. The molecule has 14 heteroatoms. The van der Waals surface area contributed by atoms with Gasteiger partial charge in [0.2, 0.25) is 5.91 Å². The summed E-state index contributed by atoms with van der Waals surface area (Å²) in [5.74, 6) is -1.17. The molecular weight excluding hydrogens is 673 g/mol. The van der Waals surface area contributed by atoms with Gasteiger partial charge in [-0.15, -0.1) is 0 Å². The maximum Gasteiger partial charge on any atom is 0.416 e. The van der Waals surface area contributed by atoms with Crippen LogP contribution in [0.3, 0.4) is 0 Å². The number of benzene rings is 2. The van der Waals surface area contributed by atoms with Crippen molar-refractivity contribution in [1.29, 1.82) is 0 Å². The van der Waals surface area contributed by atoms with Crippen LogP contribution >= 0.6 is 11.6 Å². The maximum absolute atomic E-state index is 14.3. The fourth-order valence-electron chi connectivity index (χ4n) is 6.45. The molecule has 268 valence electrons. The summed E-state index contributed by atoms with van der Waals surface area (Å²) < 4.78 is 39.2. The molecule has 2 aliphatic rings. The molecule has 2 unspecified atom stereocenters. The summed E-state index contributed by atoms with van der Waals surface area (Å²) in [4.78, 5) is 41.8. The molecule has 0 radical (unpaired) electrons. The molecule has 3 aromatic rings. The van der Waals surface area contributed by atoms with Crippen molar-refractivity contribution in [3.05, 3.63) is 100.0 Å². The Hall–Kier alpha value is -4.46. The van der Waals surface area contributed by atoms with Gasteiger partial charge in [0.05, 0.1) is 16.3 Å². The van der Waals surface area contributed by atoms with Crippen LogP contribution in [0.1, 0.15) is 87.1 Å². The lowest BCUT2D eigenvalue weighted by molar-refractivity contribution is -0.139. The number of nitrogens with one attached hydrogen (secondary N) is 3. The van der Waals surface area contributed by atoms with Crippen molar-refractivity contribution in [1.82, 2.24) is 25.9 Å². The summed E-state index contributed by atoms with van der Waals surface area (Å²) in [6.45, 7) is 5.17. The summed E-state index contributed by atoms with van der Waals surface area (Å²) in [6.07, 6.45) is 1.45. The minimum absolute atomic E-state index is 0.0315. The van der Waals surface area contributed by atoms with E-state index in [0.717, 1.165) is 61.6 Å². The Kier molecular flexibility index (Phi) is 12.7. The van der Waals surface area contributed by atoms with Gasteiger partial charge in [0.1, 0.15) is 24.2 Å². The Labute approximate surface area is 294 Å². The number of aromatic hydroxyl groups is 1. The van der Waals surface area contributed by atoms with E-state index in [4.69, 9.17) is 16.7 Å². The molecule has 50 heavy (non-hydrogen) atoms. The first-order valence-electron chi connectivity index (χ1n) is 16.4. The average molecular weight is 715 g/mol. The summed E-state index contributed by atoms with van der Waals surface area (Å²) in [5, 5.41) is 14.5. The number of hydrazine groups is 2. The normalized spacial score (nSPS) is 19.7. The number of amides is 2. The van der Waals surface area contributed by atoms with E-state index < -0.39 is 23.8 Å². The number of carbonyl (C=O) groups is 3. The first-order valence-corrected chi connectivity index (χ1v) is 16.8. The number of anilines is 1. The third-order valence-corrected chi connectivity index (χ3v) is 9.18. The minimum atomic E-state index is -4.56. The first-order chi connectivity index (χ1) is 23.7. The Morgan fingerprint density at radius 3 is 2.42 bits per heavy atom. The number of carbonyl (C=O) groups excluding carboxylic acids is 3. The molecule has 1 aliphatic carbocycles. The highest BCUT2D eigenvalue weighted by atomic mass is 35.5. The van der Waals surface area contributed by atoms with Gasteiger partial charge in [-0.1, -0.05) is 62.2 Å². The van der Waals surface area contributed by atoms with Crippen molar-refractivity contribution < 1.29 is 32.7 Å². The number of aromatic nitrogens is 1. The van der Waals surface area contributed by atoms with Crippen LogP contribution in [0.15, 0.2) is 78.1 Å². The lowest BCUT2D eigenvalue weighted by Gasteiger charge is -2.46. The van der Waals surface area contributed by atoms with E-state index >= 15 is 0 Å². The molecule has 0 spiro atoms. The van der Waals surface area contributed by atoms with E-state index in [1.165, 1.54) is 24.2 Å². The lowest BCUT2D eigenvalue weighted by atomic mass is 9.66. The number of pyridine rings is 1. The Bertz CT molecular complexity index is 1720. The van der Waals surface area contributed by atoms with E-state index in [1.54, 1.807) is 6.07 Å². The van der Waals surface area contributed by atoms with Crippen molar-refractivity contribution in [3.8, 4) is 5.75 Å². The number of hydrogen-bond donors (Lipinski definition) is 4. The average Bonchev–Trinajstić information content (AvgIpc) is 3.07. The zero-order valence-corrected chi connectivity index (χ0v) is 29.2. The van der Waals surface area contributed by atoms with Gasteiger partial charge in [0.25, 0.3) is 5.91 Å². The highest BCUT2D eigenvalue weighted by Gasteiger charge is 2.44. The van der Waals surface area contributed by atoms with Crippen molar-refractivity contribution >= 4 is 34.9 Å². The van der Waals surface area contributed by atoms with E-state index in [2.05, 4.69) is 35.0 Å². The van der Waals surface area contributed by atoms with Gasteiger partial charge in [-0.3, -0.25) is 19.4 Å². The number of Topliss-reactive ketones (excluding diaryl/α,β-unsaturated/α-hetero) is 1. The SMILES string of the molecule is CC(=O)c1ncccc1O.CCCC1(CC)CCCC2=C1C(=O)N(CC(=O)Nc1ccc(C(F)(F)F)cc1Cl)NC(c1ccccc1)N(C)N2. The number of nitrogens with zero attached hydrogens (tertiary/aromatic N) is 3. The van der Waals surface area contributed by atoms with Crippen LogP contribution in [-0.4, -0.2) is 51.3 Å². The van der Waals surface area contributed by atoms with Gasteiger partial charge in [-0.2, -0.15) is 13.2 Å². The van der Waals surface area contributed by atoms with Gasteiger partial charge in [-0.25, -0.2) is 15.4 Å². The Balaban J connectivity index is 0.000000482. The maximum atomic E-state index is 14.3. The fourth-order valence-corrected chi connectivity index (χ4v) is 6.68. The fraction of sp³-hybridized carbons (Fsp3) is 0.389. The predicted octanol–water partition coefficient (Wildman–Crippen LogP) is 7.40. The van der Waals surface area contributed by atoms with Crippen LogP contribution in [-0.2, 0) is 15.8 Å². The zero-order valence-electron chi connectivity index (χ0n) is 28.4. The second-order valence-corrected chi connectivity index (χ2v) is 12.7. The number of allylic oxidation sites excluding steroid dienone is 1. The standard InChI is InChI=1S/C29H35ClF3N5O2.C7H7NO2/c1-4-15-28(5-2)16-9-12-23-25(28)27(40)38(36-26(37(3)35-23)19-10-7-6-8-11-19)18-24(39)34-22-14-13-20(17-21(22)30)29(31,32)33;1-5(9)7-6(10)3-2-4-8-7/h6-8,10-11,13-14,17,26,35-36H,4-5,9,12,15-16,18H2,1-3H3,(H,34,39);2-4,10H,1H3. The largest absolute Gasteiger partial charge is 0.506 e. The van der Waals surface area contributed by atoms with Crippen LogP contribution in [0.4, 0.5) is 18.9 Å². The molecule has 5 rings (SSSR count). The summed E-state index contributed by atoms with van der Waals surface area (Å²) in [5.41, 5.74) is 8.03. The molecule has 0 saturated carbocycles. The Morgan fingerprint density at radius 1 is 1.12 bits per heavy atom. The molecule has 2 amide bonds. The summed E-state index contributed by atoms with van der Waals surface area (Å²) >= 11 is 6.07. The van der Waals surface area contributed by atoms with Crippen LogP contribution < -0.4 is 16.2 Å². The third-order valence-electron chi connectivity index (χ3n) is 8.86. The molecule has 0 bridgehead atoms.